The largest absolute Gasteiger partial charge is 0.390 e. The number of halogens is 1. The normalized spacial score (nSPS) is 18.9. The van der Waals surface area contributed by atoms with Crippen LogP contribution in [-0.2, 0) is 6.54 Å². The Kier molecular flexibility index (Phi) is 6.06. The van der Waals surface area contributed by atoms with Crippen LogP contribution in [0.4, 0.5) is 0 Å². The first kappa shape index (κ1) is 15.2. The van der Waals surface area contributed by atoms with Gasteiger partial charge in [0.05, 0.1) is 10.4 Å². The lowest BCUT2D eigenvalue weighted by atomic mass is 10.2. The highest BCUT2D eigenvalue weighted by Gasteiger charge is 2.16. The van der Waals surface area contributed by atoms with Crippen molar-refractivity contribution < 1.29 is 5.11 Å². The summed E-state index contributed by atoms with van der Waals surface area (Å²) in [4.78, 5) is 5.70. The number of nitrogens with one attached hydrogen (secondary N) is 1. The van der Waals surface area contributed by atoms with Crippen molar-refractivity contribution in [2.24, 2.45) is 0 Å². The number of hydrogen-bond acceptors (Lipinski definition) is 5. The van der Waals surface area contributed by atoms with Crippen molar-refractivity contribution in [3.8, 4) is 0 Å². The van der Waals surface area contributed by atoms with E-state index in [2.05, 4.69) is 15.1 Å². The summed E-state index contributed by atoms with van der Waals surface area (Å²) in [6.07, 6.45) is -0.293. The molecular formula is C13H22ClN3OS. The fourth-order valence-electron chi connectivity index (χ4n) is 2.38. The van der Waals surface area contributed by atoms with E-state index in [-0.39, 0.29) is 6.10 Å². The van der Waals surface area contributed by atoms with Crippen molar-refractivity contribution in [1.82, 2.24) is 15.1 Å². The SMILES string of the molecule is CN(Cc1ccc(Cl)s1)CC(O)CN1CCNCC1. The Labute approximate surface area is 124 Å². The Morgan fingerprint density at radius 3 is 2.84 bits per heavy atom. The van der Waals surface area contributed by atoms with Crippen molar-refractivity contribution in [1.29, 1.82) is 0 Å². The summed E-state index contributed by atoms with van der Waals surface area (Å²) in [5, 5.41) is 13.4. The molecule has 1 aromatic heterocycles. The molecule has 1 saturated heterocycles. The molecule has 2 rings (SSSR count). The summed E-state index contributed by atoms with van der Waals surface area (Å²) in [6.45, 7) is 6.40. The number of hydrogen-bond donors (Lipinski definition) is 2. The van der Waals surface area contributed by atoms with Crippen LogP contribution >= 0.6 is 22.9 Å². The van der Waals surface area contributed by atoms with Gasteiger partial charge in [-0.2, -0.15) is 0 Å². The monoisotopic (exact) mass is 303 g/mol. The molecule has 1 atom stereocenters. The van der Waals surface area contributed by atoms with Crippen molar-refractivity contribution in [3.63, 3.8) is 0 Å². The molecule has 0 aromatic carbocycles. The van der Waals surface area contributed by atoms with E-state index < -0.39 is 0 Å². The maximum atomic E-state index is 10.1. The molecule has 2 heterocycles. The number of aliphatic hydroxyl groups is 1. The third-order valence-electron chi connectivity index (χ3n) is 3.26. The number of nitrogens with zero attached hydrogens (tertiary/aromatic N) is 2. The molecule has 0 radical (unpaired) electrons. The highest BCUT2D eigenvalue weighted by Crippen LogP contribution is 2.22. The van der Waals surface area contributed by atoms with Crippen molar-refractivity contribution >= 4 is 22.9 Å². The van der Waals surface area contributed by atoms with E-state index in [0.717, 1.165) is 43.6 Å². The summed E-state index contributed by atoms with van der Waals surface area (Å²) in [7, 11) is 2.04. The number of aliphatic hydroxyl groups excluding tert-OH is 1. The van der Waals surface area contributed by atoms with Gasteiger partial charge >= 0.3 is 0 Å². The van der Waals surface area contributed by atoms with Gasteiger partial charge in [0.1, 0.15) is 0 Å². The predicted octanol–water partition coefficient (Wildman–Crippen LogP) is 1.10. The van der Waals surface area contributed by atoms with Crippen LogP contribution in [0.15, 0.2) is 12.1 Å². The van der Waals surface area contributed by atoms with Crippen LogP contribution in [0.5, 0.6) is 0 Å². The molecular weight excluding hydrogens is 282 g/mol. The van der Waals surface area contributed by atoms with Gasteiger partial charge in [0.2, 0.25) is 0 Å². The second-order valence-electron chi connectivity index (χ2n) is 5.11. The maximum Gasteiger partial charge on any atom is 0.0931 e. The van der Waals surface area contributed by atoms with Crippen molar-refractivity contribution in [3.05, 3.63) is 21.3 Å². The van der Waals surface area contributed by atoms with Gasteiger partial charge in [-0.15, -0.1) is 11.3 Å². The van der Waals surface area contributed by atoms with E-state index in [9.17, 15) is 5.11 Å². The molecule has 1 fully saturated rings. The van der Waals surface area contributed by atoms with E-state index in [1.54, 1.807) is 11.3 Å². The molecule has 2 N–H and O–H groups in total. The van der Waals surface area contributed by atoms with Gasteiger partial charge in [-0.25, -0.2) is 0 Å². The number of piperazine rings is 1. The third-order valence-corrected chi connectivity index (χ3v) is 4.47. The first-order valence-corrected chi connectivity index (χ1v) is 7.87. The van der Waals surface area contributed by atoms with Crippen molar-refractivity contribution in [2.75, 3.05) is 46.3 Å². The zero-order valence-electron chi connectivity index (χ0n) is 11.3. The van der Waals surface area contributed by atoms with Crippen LogP contribution in [0.1, 0.15) is 4.88 Å². The third kappa shape index (κ3) is 5.38. The highest BCUT2D eigenvalue weighted by molar-refractivity contribution is 7.16. The van der Waals surface area contributed by atoms with Gasteiger partial charge in [-0.3, -0.25) is 9.80 Å². The molecule has 0 aliphatic carbocycles. The van der Waals surface area contributed by atoms with Gasteiger partial charge in [0, 0.05) is 50.7 Å². The van der Waals surface area contributed by atoms with Crippen LogP contribution in [0, 0.1) is 0 Å². The van der Waals surface area contributed by atoms with Crippen LogP contribution < -0.4 is 5.32 Å². The van der Waals surface area contributed by atoms with Crippen LogP contribution in [0.3, 0.4) is 0 Å². The highest BCUT2D eigenvalue weighted by atomic mass is 35.5. The maximum absolute atomic E-state index is 10.1. The van der Waals surface area contributed by atoms with Gasteiger partial charge in [-0.05, 0) is 19.2 Å². The average molecular weight is 304 g/mol. The average Bonchev–Trinajstić information content (AvgIpc) is 2.75. The molecule has 4 nitrogen and oxygen atoms in total. The Bertz CT molecular complexity index is 382. The molecule has 108 valence electrons. The molecule has 0 spiro atoms. The van der Waals surface area contributed by atoms with Gasteiger partial charge in [-0.1, -0.05) is 11.6 Å². The molecule has 19 heavy (non-hydrogen) atoms. The van der Waals surface area contributed by atoms with E-state index >= 15 is 0 Å². The summed E-state index contributed by atoms with van der Waals surface area (Å²) < 4.78 is 0.824. The molecule has 0 bridgehead atoms. The van der Waals surface area contributed by atoms with Gasteiger partial charge < -0.3 is 10.4 Å². The van der Waals surface area contributed by atoms with Gasteiger partial charge in [0.25, 0.3) is 0 Å². The molecule has 0 saturated carbocycles. The molecule has 1 aromatic rings. The number of likely N-dealkylation sites (N-methyl/N-ethyl adjacent to an activating group) is 1. The number of β-amino-alcohol motifs (C(OH)–C–C–N with tert-alkyl or cyclic N) is 1. The van der Waals surface area contributed by atoms with E-state index in [4.69, 9.17) is 11.6 Å². The summed E-state index contributed by atoms with van der Waals surface area (Å²) in [5.74, 6) is 0. The first-order chi connectivity index (χ1) is 9.13. The predicted molar refractivity (Wildman–Crippen MR) is 81.0 cm³/mol. The second-order valence-corrected chi connectivity index (χ2v) is 6.91. The topological polar surface area (TPSA) is 38.7 Å². The van der Waals surface area contributed by atoms with Crippen LogP contribution in [0.2, 0.25) is 4.34 Å². The minimum Gasteiger partial charge on any atom is -0.390 e. The minimum absolute atomic E-state index is 0.293. The zero-order chi connectivity index (χ0) is 13.7. The molecule has 1 aliphatic heterocycles. The number of rotatable bonds is 6. The van der Waals surface area contributed by atoms with Crippen LogP contribution in [0.25, 0.3) is 0 Å². The quantitative estimate of drug-likeness (QED) is 0.825. The Morgan fingerprint density at radius 2 is 2.21 bits per heavy atom. The minimum atomic E-state index is -0.293. The molecule has 1 aliphatic rings. The summed E-state index contributed by atoms with van der Waals surface area (Å²) >= 11 is 7.52. The molecule has 6 heteroatoms. The second kappa shape index (κ2) is 7.57. The Morgan fingerprint density at radius 1 is 1.47 bits per heavy atom. The standard InChI is InChI=1S/C13H22ClN3OS/c1-16(10-12-2-3-13(14)19-12)8-11(18)9-17-6-4-15-5-7-17/h2-3,11,15,18H,4-10H2,1H3. The number of thiophene rings is 1. The molecule has 0 amide bonds. The lowest BCUT2D eigenvalue weighted by Crippen LogP contribution is -2.47. The Balaban J connectivity index is 1.70. The molecule has 1 unspecified atom stereocenters. The lowest BCUT2D eigenvalue weighted by molar-refractivity contribution is 0.0754. The van der Waals surface area contributed by atoms with Crippen molar-refractivity contribution in [2.45, 2.75) is 12.6 Å². The zero-order valence-corrected chi connectivity index (χ0v) is 12.9. The van der Waals surface area contributed by atoms with Gasteiger partial charge in [0.15, 0.2) is 0 Å². The smallest absolute Gasteiger partial charge is 0.0931 e. The Hall–Kier alpha value is -0.170. The summed E-state index contributed by atoms with van der Waals surface area (Å²) in [5.41, 5.74) is 0. The lowest BCUT2D eigenvalue weighted by Gasteiger charge is -2.30. The first-order valence-electron chi connectivity index (χ1n) is 6.67. The fraction of sp³-hybridized carbons (Fsp3) is 0.692. The fourth-order valence-corrected chi connectivity index (χ4v) is 3.54. The van der Waals surface area contributed by atoms with E-state index in [1.165, 1.54) is 4.88 Å². The van der Waals surface area contributed by atoms with Crippen LogP contribution in [-0.4, -0.2) is 67.3 Å². The van der Waals surface area contributed by atoms with E-state index in [0.29, 0.717) is 6.54 Å². The van der Waals surface area contributed by atoms with E-state index in [1.807, 2.05) is 19.2 Å². The summed E-state index contributed by atoms with van der Waals surface area (Å²) in [6, 6.07) is 3.97.